The molecule has 6 nitrogen and oxygen atoms in total. The Morgan fingerprint density at radius 2 is 2.25 bits per heavy atom. The number of fused-ring (bicyclic) bond motifs is 3. The molecule has 1 aliphatic heterocycles. The standard InChI is InChI=1S/C21H29N3O3S/c1-4-27-21(26)14-6-5-9-24(11-14)13(3)18-22-19(25)17-15-8-7-12(2)10-16(15)28-20(17)23-18/h12-14H,4-11H2,1-3H3,(H,22,23,25). The number of piperidine rings is 1. The first-order chi connectivity index (χ1) is 13.5. The van der Waals surface area contributed by atoms with E-state index >= 15 is 0 Å². The quantitative estimate of drug-likeness (QED) is 0.792. The van der Waals surface area contributed by atoms with Gasteiger partial charge in [0.2, 0.25) is 0 Å². The molecule has 3 unspecified atom stereocenters. The Morgan fingerprint density at radius 3 is 3.04 bits per heavy atom. The van der Waals surface area contributed by atoms with Crippen molar-refractivity contribution in [2.75, 3.05) is 19.7 Å². The number of aromatic nitrogens is 2. The smallest absolute Gasteiger partial charge is 0.310 e. The molecule has 0 bridgehead atoms. The zero-order chi connectivity index (χ0) is 19.8. The Bertz CT molecular complexity index is 935. The summed E-state index contributed by atoms with van der Waals surface area (Å²) in [4.78, 5) is 37.4. The lowest BCUT2D eigenvalue weighted by Gasteiger charge is -2.35. The second-order valence-electron chi connectivity index (χ2n) is 8.25. The molecule has 4 rings (SSSR count). The van der Waals surface area contributed by atoms with Crippen LogP contribution < -0.4 is 5.56 Å². The molecule has 3 atom stereocenters. The van der Waals surface area contributed by atoms with Crippen LogP contribution in [-0.4, -0.2) is 40.5 Å². The fourth-order valence-corrected chi connectivity index (χ4v) is 5.94. The van der Waals surface area contributed by atoms with E-state index in [-0.39, 0.29) is 23.5 Å². The lowest BCUT2D eigenvalue weighted by atomic mass is 9.89. The van der Waals surface area contributed by atoms with Gasteiger partial charge in [-0.05, 0) is 64.0 Å². The summed E-state index contributed by atoms with van der Waals surface area (Å²) in [6.07, 6.45) is 4.98. The minimum absolute atomic E-state index is 0.0159. The Kier molecular flexibility index (Phi) is 5.56. The third-order valence-corrected chi connectivity index (χ3v) is 7.35. The second-order valence-corrected chi connectivity index (χ2v) is 9.33. The lowest BCUT2D eigenvalue weighted by Crippen LogP contribution is -2.41. The van der Waals surface area contributed by atoms with Gasteiger partial charge in [-0.25, -0.2) is 4.98 Å². The third-order valence-electron chi connectivity index (χ3n) is 6.20. The molecule has 28 heavy (non-hydrogen) atoms. The first-order valence-electron chi connectivity index (χ1n) is 10.4. The number of hydrogen-bond donors (Lipinski definition) is 1. The van der Waals surface area contributed by atoms with Crippen molar-refractivity contribution in [2.45, 2.75) is 58.9 Å². The van der Waals surface area contributed by atoms with Gasteiger partial charge in [-0.3, -0.25) is 14.5 Å². The lowest BCUT2D eigenvalue weighted by molar-refractivity contribution is -0.150. The number of ether oxygens (including phenoxy) is 1. The number of nitrogens with one attached hydrogen (secondary N) is 1. The average Bonchev–Trinajstić information content (AvgIpc) is 3.05. The molecule has 0 amide bonds. The maximum absolute atomic E-state index is 12.9. The largest absolute Gasteiger partial charge is 0.466 e. The predicted octanol–water partition coefficient (Wildman–Crippen LogP) is 3.45. The molecule has 3 heterocycles. The number of rotatable bonds is 4. The molecule has 0 spiro atoms. The number of carbonyl (C=O) groups is 1. The Labute approximate surface area is 169 Å². The van der Waals surface area contributed by atoms with Crippen LogP contribution in [0.25, 0.3) is 10.2 Å². The Morgan fingerprint density at radius 1 is 1.43 bits per heavy atom. The fourth-order valence-electron chi connectivity index (χ4n) is 4.55. The van der Waals surface area contributed by atoms with Crippen molar-refractivity contribution in [3.63, 3.8) is 0 Å². The number of esters is 1. The molecule has 0 saturated carbocycles. The van der Waals surface area contributed by atoms with Crippen molar-refractivity contribution in [3.05, 3.63) is 26.6 Å². The minimum atomic E-state index is -0.114. The minimum Gasteiger partial charge on any atom is -0.466 e. The van der Waals surface area contributed by atoms with Gasteiger partial charge in [-0.2, -0.15) is 0 Å². The molecule has 1 saturated heterocycles. The van der Waals surface area contributed by atoms with E-state index in [0.29, 0.717) is 24.9 Å². The van der Waals surface area contributed by atoms with Gasteiger partial charge in [0.15, 0.2) is 0 Å². The van der Waals surface area contributed by atoms with E-state index in [9.17, 15) is 9.59 Å². The van der Waals surface area contributed by atoms with Gasteiger partial charge in [-0.1, -0.05) is 6.92 Å². The molecule has 0 aromatic carbocycles. The topological polar surface area (TPSA) is 75.3 Å². The summed E-state index contributed by atoms with van der Waals surface area (Å²) in [7, 11) is 0. The van der Waals surface area contributed by atoms with Crippen LogP contribution in [-0.2, 0) is 22.4 Å². The molecule has 2 aromatic rings. The van der Waals surface area contributed by atoms with Crippen molar-refractivity contribution in [1.82, 2.24) is 14.9 Å². The highest BCUT2D eigenvalue weighted by Crippen LogP contribution is 2.36. The highest BCUT2D eigenvalue weighted by Gasteiger charge is 2.31. The number of hydrogen-bond acceptors (Lipinski definition) is 6. The summed E-state index contributed by atoms with van der Waals surface area (Å²) >= 11 is 1.68. The van der Waals surface area contributed by atoms with Gasteiger partial charge in [0.25, 0.3) is 5.56 Å². The zero-order valence-corrected chi connectivity index (χ0v) is 17.7. The number of likely N-dealkylation sites (tertiary alicyclic amines) is 1. The number of H-pyrrole nitrogens is 1. The van der Waals surface area contributed by atoms with E-state index < -0.39 is 0 Å². The van der Waals surface area contributed by atoms with Crippen LogP contribution in [0.2, 0.25) is 0 Å². The van der Waals surface area contributed by atoms with Crippen LogP contribution in [0, 0.1) is 11.8 Å². The van der Waals surface area contributed by atoms with Crippen LogP contribution in [0.5, 0.6) is 0 Å². The van der Waals surface area contributed by atoms with E-state index in [2.05, 4.69) is 23.7 Å². The zero-order valence-electron chi connectivity index (χ0n) is 16.9. The van der Waals surface area contributed by atoms with E-state index in [1.54, 1.807) is 11.3 Å². The molecule has 152 valence electrons. The number of carbonyl (C=O) groups excluding carboxylic acids is 1. The highest BCUT2D eigenvalue weighted by molar-refractivity contribution is 7.18. The molecule has 0 radical (unpaired) electrons. The molecule has 2 aliphatic rings. The Hall–Kier alpha value is -1.73. The van der Waals surface area contributed by atoms with Crippen LogP contribution >= 0.6 is 11.3 Å². The molecule has 1 fully saturated rings. The molecular formula is C21H29N3O3S. The summed E-state index contributed by atoms with van der Waals surface area (Å²) in [6, 6.07) is -0.0348. The van der Waals surface area contributed by atoms with Crippen LogP contribution in [0.4, 0.5) is 0 Å². The normalized spacial score (nSPS) is 24.1. The van der Waals surface area contributed by atoms with Crippen molar-refractivity contribution in [3.8, 4) is 0 Å². The van der Waals surface area contributed by atoms with E-state index in [1.807, 2.05) is 6.92 Å². The fraction of sp³-hybridized carbons (Fsp3) is 0.667. The van der Waals surface area contributed by atoms with Crippen molar-refractivity contribution in [1.29, 1.82) is 0 Å². The van der Waals surface area contributed by atoms with Crippen molar-refractivity contribution >= 4 is 27.5 Å². The molecular weight excluding hydrogens is 374 g/mol. The monoisotopic (exact) mass is 403 g/mol. The molecule has 2 aromatic heterocycles. The van der Waals surface area contributed by atoms with Crippen LogP contribution in [0.1, 0.15) is 62.3 Å². The maximum Gasteiger partial charge on any atom is 0.310 e. The maximum atomic E-state index is 12.9. The van der Waals surface area contributed by atoms with Crippen LogP contribution in [0.3, 0.4) is 0 Å². The summed E-state index contributed by atoms with van der Waals surface area (Å²) in [6.45, 7) is 8.14. The van der Waals surface area contributed by atoms with Gasteiger partial charge in [0, 0.05) is 11.4 Å². The summed E-state index contributed by atoms with van der Waals surface area (Å²) < 4.78 is 5.21. The molecule has 7 heteroatoms. The first-order valence-corrected chi connectivity index (χ1v) is 11.2. The van der Waals surface area contributed by atoms with Gasteiger partial charge in [0.1, 0.15) is 10.7 Å². The predicted molar refractivity (Wildman–Crippen MR) is 111 cm³/mol. The second kappa shape index (κ2) is 7.95. The number of aromatic amines is 1. The molecule has 1 aliphatic carbocycles. The first kappa shape index (κ1) is 19.6. The highest BCUT2D eigenvalue weighted by atomic mass is 32.1. The number of thiophene rings is 1. The van der Waals surface area contributed by atoms with Crippen LogP contribution in [0.15, 0.2) is 4.79 Å². The van der Waals surface area contributed by atoms with Crippen molar-refractivity contribution < 1.29 is 9.53 Å². The van der Waals surface area contributed by atoms with E-state index in [1.165, 1.54) is 10.4 Å². The van der Waals surface area contributed by atoms with Gasteiger partial charge in [-0.15, -0.1) is 11.3 Å². The molecule has 1 N–H and O–H groups in total. The van der Waals surface area contributed by atoms with E-state index in [4.69, 9.17) is 9.72 Å². The summed E-state index contributed by atoms with van der Waals surface area (Å²) in [5.41, 5.74) is 1.20. The Balaban J connectivity index is 1.60. The van der Waals surface area contributed by atoms with Gasteiger partial charge >= 0.3 is 5.97 Å². The van der Waals surface area contributed by atoms with E-state index in [0.717, 1.165) is 48.9 Å². The third kappa shape index (κ3) is 3.62. The number of aryl methyl sites for hydroxylation is 1. The average molecular weight is 404 g/mol. The summed E-state index contributed by atoms with van der Waals surface area (Å²) in [5, 5.41) is 0.797. The number of nitrogens with zero attached hydrogens (tertiary/aromatic N) is 2. The van der Waals surface area contributed by atoms with Gasteiger partial charge in [0.05, 0.1) is 24.0 Å². The SMILES string of the molecule is CCOC(=O)C1CCCN(C(C)c2nc3sc4c(c3c(=O)[nH]2)CCC(C)C4)C1. The summed E-state index contributed by atoms with van der Waals surface area (Å²) in [5.74, 6) is 1.17. The van der Waals surface area contributed by atoms with Crippen molar-refractivity contribution in [2.24, 2.45) is 11.8 Å². The van der Waals surface area contributed by atoms with Gasteiger partial charge < -0.3 is 9.72 Å².